The fraction of sp³-hybridized carbons (Fsp3) is 0.688. The minimum Gasteiger partial charge on any atom is -0.383 e. The van der Waals surface area contributed by atoms with Crippen LogP contribution in [0.1, 0.15) is 32.0 Å². The van der Waals surface area contributed by atoms with Gasteiger partial charge >= 0.3 is 0 Å². The SMILES string of the molecule is CCNCc1ccc(CN(CCOC)CC(C)C)nc1. The van der Waals surface area contributed by atoms with E-state index < -0.39 is 0 Å². The minimum absolute atomic E-state index is 0.653. The van der Waals surface area contributed by atoms with Gasteiger partial charge in [0.05, 0.1) is 12.3 Å². The average molecular weight is 279 g/mol. The summed E-state index contributed by atoms with van der Waals surface area (Å²) in [4.78, 5) is 6.97. The summed E-state index contributed by atoms with van der Waals surface area (Å²) in [6, 6.07) is 4.29. The molecule has 0 aliphatic carbocycles. The molecule has 20 heavy (non-hydrogen) atoms. The summed E-state index contributed by atoms with van der Waals surface area (Å²) >= 11 is 0. The van der Waals surface area contributed by atoms with Crippen molar-refractivity contribution in [3.63, 3.8) is 0 Å². The molecule has 0 bridgehead atoms. The van der Waals surface area contributed by atoms with Gasteiger partial charge in [-0.15, -0.1) is 0 Å². The molecule has 0 saturated carbocycles. The Bertz CT molecular complexity index is 351. The van der Waals surface area contributed by atoms with Crippen LogP contribution in [0.4, 0.5) is 0 Å². The van der Waals surface area contributed by atoms with Gasteiger partial charge in [-0.05, 0) is 24.1 Å². The first-order valence-corrected chi connectivity index (χ1v) is 7.51. The molecule has 0 aliphatic rings. The van der Waals surface area contributed by atoms with Crippen molar-refractivity contribution in [1.29, 1.82) is 0 Å². The van der Waals surface area contributed by atoms with Crippen molar-refractivity contribution in [2.24, 2.45) is 5.92 Å². The van der Waals surface area contributed by atoms with Crippen LogP contribution in [-0.2, 0) is 17.8 Å². The summed E-state index contributed by atoms with van der Waals surface area (Å²) in [6.07, 6.45) is 1.97. The van der Waals surface area contributed by atoms with Crippen molar-refractivity contribution in [2.45, 2.75) is 33.9 Å². The molecular weight excluding hydrogens is 250 g/mol. The lowest BCUT2D eigenvalue weighted by atomic mass is 10.2. The molecular formula is C16H29N3O. The van der Waals surface area contributed by atoms with E-state index >= 15 is 0 Å². The molecule has 0 radical (unpaired) electrons. The number of hydrogen-bond donors (Lipinski definition) is 1. The summed E-state index contributed by atoms with van der Waals surface area (Å²) in [5, 5.41) is 3.31. The summed E-state index contributed by atoms with van der Waals surface area (Å²) in [7, 11) is 1.75. The van der Waals surface area contributed by atoms with Crippen LogP contribution >= 0.6 is 0 Å². The van der Waals surface area contributed by atoms with Crippen LogP contribution in [0.5, 0.6) is 0 Å². The van der Waals surface area contributed by atoms with Gasteiger partial charge in [0, 0.05) is 39.5 Å². The Kier molecular flexibility index (Phi) is 8.42. The molecule has 4 nitrogen and oxygen atoms in total. The molecule has 0 atom stereocenters. The zero-order chi connectivity index (χ0) is 14.8. The molecule has 0 fully saturated rings. The molecule has 4 heteroatoms. The quantitative estimate of drug-likeness (QED) is 0.713. The Morgan fingerprint density at radius 3 is 2.70 bits per heavy atom. The van der Waals surface area contributed by atoms with Gasteiger partial charge in [-0.1, -0.05) is 26.8 Å². The lowest BCUT2D eigenvalue weighted by Gasteiger charge is -2.23. The molecule has 1 aromatic heterocycles. The third-order valence-electron chi connectivity index (χ3n) is 3.09. The monoisotopic (exact) mass is 279 g/mol. The van der Waals surface area contributed by atoms with Crippen LogP contribution in [0.2, 0.25) is 0 Å². The maximum atomic E-state index is 5.18. The van der Waals surface area contributed by atoms with E-state index in [4.69, 9.17) is 4.74 Å². The normalized spacial score (nSPS) is 11.5. The van der Waals surface area contributed by atoms with E-state index in [1.807, 2.05) is 6.20 Å². The highest BCUT2D eigenvalue weighted by molar-refractivity contribution is 5.14. The highest BCUT2D eigenvalue weighted by Gasteiger charge is 2.09. The van der Waals surface area contributed by atoms with Crippen molar-refractivity contribution in [3.8, 4) is 0 Å². The first kappa shape index (κ1) is 17.1. The Morgan fingerprint density at radius 2 is 2.15 bits per heavy atom. The summed E-state index contributed by atoms with van der Waals surface area (Å²) < 4.78 is 5.18. The number of methoxy groups -OCH3 is 1. The van der Waals surface area contributed by atoms with Crippen LogP contribution < -0.4 is 5.32 Å². The van der Waals surface area contributed by atoms with Gasteiger partial charge in [-0.3, -0.25) is 9.88 Å². The van der Waals surface area contributed by atoms with Crippen molar-refractivity contribution in [2.75, 3.05) is 33.4 Å². The summed E-state index contributed by atoms with van der Waals surface area (Å²) in [5.74, 6) is 0.653. The summed E-state index contributed by atoms with van der Waals surface area (Å²) in [6.45, 7) is 12.2. The van der Waals surface area contributed by atoms with E-state index in [-0.39, 0.29) is 0 Å². The first-order chi connectivity index (χ1) is 9.65. The third-order valence-corrected chi connectivity index (χ3v) is 3.09. The molecule has 0 aromatic carbocycles. The molecule has 0 unspecified atom stereocenters. The predicted octanol–water partition coefficient (Wildman–Crippen LogP) is 2.30. The summed E-state index contributed by atoms with van der Waals surface area (Å²) in [5.41, 5.74) is 2.37. The lowest BCUT2D eigenvalue weighted by molar-refractivity contribution is 0.135. The molecule has 0 amide bonds. The van der Waals surface area contributed by atoms with Gasteiger partial charge in [-0.2, -0.15) is 0 Å². The number of nitrogens with one attached hydrogen (secondary N) is 1. The first-order valence-electron chi connectivity index (χ1n) is 7.51. The van der Waals surface area contributed by atoms with Gasteiger partial charge in [-0.25, -0.2) is 0 Å². The molecule has 0 spiro atoms. The fourth-order valence-corrected chi connectivity index (χ4v) is 2.12. The predicted molar refractivity (Wildman–Crippen MR) is 83.6 cm³/mol. The average Bonchev–Trinajstić information content (AvgIpc) is 2.43. The maximum absolute atomic E-state index is 5.18. The van der Waals surface area contributed by atoms with Crippen molar-refractivity contribution in [3.05, 3.63) is 29.6 Å². The standard InChI is InChI=1S/C16H29N3O/c1-5-17-10-15-6-7-16(18-11-15)13-19(8-9-20-4)12-14(2)3/h6-7,11,14,17H,5,8-10,12-13H2,1-4H3. The lowest BCUT2D eigenvalue weighted by Crippen LogP contribution is -2.31. The van der Waals surface area contributed by atoms with Gasteiger partial charge in [0.1, 0.15) is 0 Å². The largest absolute Gasteiger partial charge is 0.383 e. The minimum atomic E-state index is 0.653. The van der Waals surface area contributed by atoms with Crippen LogP contribution in [0.25, 0.3) is 0 Å². The van der Waals surface area contributed by atoms with Crippen LogP contribution in [0.15, 0.2) is 18.3 Å². The molecule has 0 saturated heterocycles. The van der Waals surface area contributed by atoms with Crippen LogP contribution in [-0.4, -0.2) is 43.2 Å². The fourth-order valence-electron chi connectivity index (χ4n) is 2.12. The van der Waals surface area contributed by atoms with Crippen LogP contribution in [0, 0.1) is 5.92 Å². The topological polar surface area (TPSA) is 37.4 Å². The second-order valence-electron chi connectivity index (χ2n) is 5.56. The van der Waals surface area contributed by atoms with E-state index in [0.717, 1.165) is 45.0 Å². The molecule has 114 valence electrons. The highest BCUT2D eigenvalue weighted by atomic mass is 16.5. The Balaban J connectivity index is 2.53. The van der Waals surface area contributed by atoms with E-state index in [1.165, 1.54) is 5.56 Å². The molecule has 1 N–H and O–H groups in total. The maximum Gasteiger partial charge on any atom is 0.0589 e. The number of hydrogen-bond acceptors (Lipinski definition) is 4. The number of aromatic nitrogens is 1. The van der Waals surface area contributed by atoms with E-state index in [9.17, 15) is 0 Å². The zero-order valence-electron chi connectivity index (χ0n) is 13.4. The molecule has 1 rings (SSSR count). The number of ether oxygens (including phenoxy) is 1. The molecule has 0 aliphatic heterocycles. The number of rotatable bonds is 10. The smallest absolute Gasteiger partial charge is 0.0589 e. The van der Waals surface area contributed by atoms with Crippen molar-refractivity contribution in [1.82, 2.24) is 15.2 Å². The molecule has 1 aromatic rings. The van der Waals surface area contributed by atoms with Gasteiger partial charge in [0.25, 0.3) is 0 Å². The second-order valence-corrected chi connectivity index (χ2v) is 5.56. The number of pyridine rings is 1. The third kappa shape index (κ3) is 6.98. The number of nitrogens with zero attached hydrogens (tertiary/aromatic N) is 2. The molecule has 1 heterocycles. The second kappa shape index (κ2) is 9.86. The van der Waals surface area contributed by atoms with Crippen LogP contribution in [0.3, 0.4) is 0 Å². The van der Waals surface area contributed by atoms with Gasteiger partial charge < -0.3 is 10.1 Å². The Hall–Kier alpha value is -0.970. The van der Waals surface area contributed by atoms with E-state index in [0.29, 0.717) is 5.92 Å². The van der Waals surface area contributed by atoms with Crippen molar-refractivity contribution >= 4 is 0 Å². The van der Waals surface area contributed by atoms with E-state index in [1.54, 1.807) is 7.11 Å². The van der Waals surface area contributed by atoms with Crippen molar-refractivity contribution < 1.29 is 4.74 Å². The van der Waals surface area contributed by atoms with E-state index in [2.05, 4.69) is 48.1 Å². The Labute approximate surface area is 123 Å². The highest BCUT2D eigenvalue weighted by Crippen LogP contribution is 2.07. The van der Waals surface area contributed by atoms with Gasteiger partial charge in [0.2, 0.25) is 0 Å². The Morgan fingerprint density at radius 1 is 1.35 bits per heavy atom. The van der Waals surface area contributed by atoms with Gasteiger partial charge in [0.15, 0.2) is 0 Å². The zero-order valence-corrected chi connectivity index (χ0v) is 13.4.